The summed E-state index contributed by atoms with van der Waals surface area (Å²) < 4.78 is 33.4. The molecule has 0 unspecified atom stereocenters. The van der Waals surface area contributed by atoms with E-state index in [-0.39, 0.29) is 11.2 Å². The summed E-state index contributed by atoms with van der Waals surface area (Å²) in [5.41, 5.74) is 0.931. The normalized spacial score (nSPS) is 12.2. The van der Waals surface area contributed by atoms with E-state index in [0.29, 0.717) is 50.0 Å². The Morgan fingerprint density at radius 3 is 1.79 bits per heavy atom. The molecule has 29 heavy (non-hydrogen) atoms. The van der Waals surface area contributed by atoms with Crippen LogP contribution in [0.1, 0.15) is 46.1 Å². The maximum absolute atomic E-state index is 5.98. The van der Waals surface area contributed by atoms with E-state index in [2.05, 4.69) is 27.7 Å². The first-order valence-electron chi connectivity index (χ1n) is 9.99. The fourth-order valence-corrected chi connectivity index (χ4v) is 2.71. The van der Waals surface area contributed by atoms with Crippen molar-refractivity contribution in [2.45, 2.75) is 58.3 Å². The monoisotopic (exact) mass is 408 g/mol. The largest absolute Gasteiger partial charge is 0.497 e. The molecule has 2 radical (unpaired) electrons. The zero-order chi connectivity index (χ0) is 21.9. The van der Waals surface area contributed by atoms with Crippen molar-refractivity contribution < 1.29 is 28.4 Å². The van der Waals surface area contributed by atoms with Gasteiger partial charge in [-0.1, -0.05) is 0 Å². The Kier molecular flexibility index (Phi) is 11.0. The van der Waals surface area contributed by atoms with Crippen LogP contribution in [0.4, 0.5) is 0 Å². The van der Waals surface area contributed by atoms with Crippen LogP contribution in [-0.2, 0) is 25.6 Å². The lowest BCUT2D eigenvalue weighted by Crippen LogP contribution is -2.32. The number of benzene rings is 1. The molecule has 0 aliphatic heterocycles. The van der Waals surface area contributed by atoms with E-state index < -0.39 is 0 Å². The summed E-state index contributed by atoms with van der Waals surface area (Å²) in [5.74, 6) is 1.16. The maximum atomic E-state index is 5.98. The molecule has 0 spiro atoms. The molecule has 0 fully saturated rings. The zero-order valence-corrected chi connectivity index (χ0v) is 19.1. The number of hydrogen-bond donors (Lipinski definition) is 0. The number of methoxy groups -OCH3 is 3. The number of rotatable bonds is 15. The van der Waals surface area contributed by atoms with Gasteiger partial charge in [0.25, 0.3) is 0 Å². The van der Waals surface area contributed by atoms with E-state index in [1.165, 1.54) is 0 Å². The Labute approximate surface area is 177 Å². The Balaban J connectivity index is 2.33. The summed E-state index contributed by atoms with van der Waals surface area (Å²) in [6.45, 7) is 11.0. The third kappa shape index (κ3) is 9.85. The van der Waals surface area contributed by atoms with Crippen LogP contribution in [0.2, 0.25) is 0 Å². The molecular weight excluding hydrogens is 371 g/mol. The summed E-state index contributed by atoms with van der Waals surface area (Å²) in [5, 5.41) is 0. The first kappa shape index (κ1) is 25.8. The van der Waals surface area contributed by atoms with E-state index >= 15 is 0 Å². The molecule has 6 nitrogen and oxygen atoms in total. The van der Waals surface area contributed by atoms with Crippen LogP contribution in [0.5, 0.6) is 11.5 Å². The molecule has 0 aliphatic rings. The van der Waals surface area contributed by atoms with Gasteiger partial charge in [-0.15, -0.1) is 0 Å². The summed E-state index contributed by atoms with van der Waals surface area (Å²) in [6.07, 6.45) is 1.66. The molecular formula is C22H37BO6. The van der Waals surface area contributed by atoms with Crippen LogP contribution in [0.25, 0.3) is 0 Å². The van der Waals surface area contributed by atoms with Gasteiger partial charge in [0.2, 0.25) is 0 Å². The van der Waals surface area contributed by atoms with Crippen LogP contribution < -0.4 is 14.9 Å². The molecule has 0 N–H and O–H groups in total. The van der Waals surface area contributed by atoms with Gasteiger partial charge >= 0.3 is 0 Å². The van der Waals surface area contributed by atoms with Gasteiger partial charge in [0.15, 0.2) is 0 Å². The minimum atomic E-state index is -0.283. The van der Waals surface area contributed by atoms with Gasteiger partial charge in [-0.2, -0.15) is 0 Å². The SMILES string of the molecule is [B]c1c(OC)cc(COCCOC(C)(C)CCOC(C)(C)CCOC)cc1OC. The standard InChI is InChI=1S/C22H37BO6/c1-21(2,8-10-24-5)28-11-9-22(3,4)29-13-12-27-16-17-14-18(25-6)20(23)19(15-17)26-7/h14-15H,8-13,16H2,1-7H3. The Hall–Kier alpha value is -1.28. The summed E-state index contributed by atoms with van der Waals surface area (Å²) in [7, 11) is 10.8. The molecule has 7 heteroatoms. The van der Waals surface area contributed by atoms with E-state index in [9.17, 15) is 0 Å². The smallest absolute Gasteiger partial charge is 0.124 e. The summed E-state index contributed by atoms with van der Waals surface area (Å²) in [4.78, 5) is 0. The predicted molar refractivity (Wildman–Crippen MR) is 116 cm³/mol. The van der Waals surface area contributed by atoms with Crippen molar-refractivity contribution in [3.63, 3.8) is 0 Å². The van der Waals surface area contributed by atoms with Crippen LogP contribution in [0.3, 0.4) is 0 Å². The van der Waals surface area contributed by atoms with Gasteiger partial charge in [0, 0.05) is 13.7 Å². The Bertz CT molecular complexity index is 578. The number of hydrogen-bond acceptors (Lipinski definition) is 6. The highest BCUT2D eigenvalue weighted by Gasteiger charge is 2.22. The molecule has 1 aromatic carbocycles. The summed E-state index contributed by atoms with van der Waals surface area (Å²) in [6, 6.07) is 3.70. The lowest BCUT2D eigenvalue weighted by Gasteiger charge is -2.29. The second kappa shape index (κ2) is 12.4. The quantitative estimate of drug-likeness (QED) is 0.329. The van der Waals surface area contributed by atoms with Crippen molar-refractivity contribution in [1.29, 1.82) is 0 Å². The molecule has 164 valence electrons. The fourth-order valence-electron chi connectivity index (χ4n) is 2.71. The molecule has 0 heterocycles. The molecule has 1 rings (SSSR count). The molecule has 0 amide bonds. The van der Waals surface area contributed by atoms with Crippen molar-refractivity contribution >= 4 is 13.3 Å². The van der Waals surface area contributed by atoms with Crippen molar-refractivity contribution in [3.8, 4) is 11.5 Å². The predicted octanol–water partition coefficient (Wildman–Crippen LogP) is 3.03. The average Bonchev–Trinajstić information content (AvgIpc) is 2.66. The van der Waals surface area contributed by atoms with Crippen molar-refractivity contribution in [2.24, 2.45) is 0 Å². The highest BCUT2D eigenvalue weighted by atomic mass is 16.5. The van der Waals surface area contributed by atoms with Crippen molar-refractivity contribution in [3.05, 3.63) is 17.7 Å². The fraction of sp³-hybridized carbons (Fsp3) is 0.727. The lowest BCUT2D eigenvalue weighted by molar-refractivity contribution is -0.0888. The van der Waals surface area contributed by atoms with Gasteiger partial charge in [-0.05, 0) is 63.7 Å². The third-order valence-electron chi connectivity index (χ3n) is 4.70. The second-order valence-electron chi connectivity index (χ2n) is 8.18. The molecule has 0 saturated carbocycles. The Morgan fingerprint density at radius 1 is 0.759 bits per heavy atom. The molecule has 1 aromatic rings. The first-order valence-corrected chi connectivity index (χ1v) is 9.99. The lowest BCUT2D eigenvalue weighted by atomic mass is 9.92. The van der Waals surface area contributed by atoms with Crippen molar-refractivity contribution in [1.82, 2.24) is 0 Å². The van der Waals surface area contributed by atoms with E-state index in [4.69, 9.17) is 36.3 Å². The van der Waals surface area contributed by atoms with Gasteiger partial charge < -0.3 is 28.4 Å². The zero-order valence-electron chi connectivity index (χ0n) is 19.1. The van der Waals surface area contributed by atoms with Crippen LogP contribution in [0, 0.1) is 0 Å². The van der Waals surface area contributed by atoms with Crippen LogP contribution in [-0.4, -0.2) is 66.8 Å². The topological polar surface area (TPSA) is 55.4 Å². The van der Waals surface area contributed by atoms with Gasteiger partial charge in [0.05, 0.1) is 51.8 Å². The minimum Gasteiger partial charge on any atom is -0.497 e. The van der Waals surface area contributed by atoms with Gasteiger partial charge in [-0.3, -0.25) is 0 Å². The third-order valence-corrected chi connectivity index (χ3v) is 4.70. The van der Waals surface area contributed by atoms with E-state index in [0.717, 1.165) is 18.4 Å². The Morgan fingerprint density at radius 2 is 1.28 bits per heavy atom. The van der Waals surface area contributed by atoms with Crippen molar-refractivity contribution in [2.75, 3.05) is 47.8 Å². The summed E-state index contributed by atoms with van der Waals surface area (Å²) >= 11 is 0. The molecule has 0 bridgehead atoms. The van der Waals surface area contributed by atoms with Gasteiger partial charge in [0.1, 0.15) is 19.3 Å². The molecule has 0 atom stereocenters. The minimum absolute atomic E-state index is 0.198. The molecule has 0 saturated heterocycles. The average molecular weight is 408 g/mol. The van der Waals surface area contributed by atoms with E-state index in [1.807, 2.05) is 12.1 Å². The van der Waals surface area contributed by atoms with Gasteiger partial charge in [-0.25, -0.2) is 0 Å². The molecule has 0 aromatic heterocycles. The highest BCUT2D eigenvalue weighted by Crippen LogP contribution is 2.21. The second-order valence-corrected chi connectivity index (χ2v) is 8.18. The molecule has 0 aliphatic carbocycles. The number of ether oxygens (including phenoxy) is 6. The maximum Gasteiger partial charge on any atom is 0.124 e. The highest BCUT2D eigenvalue weighted by molar-refractivity contribution is 6.36. The van der Waals surface area contributed by atoms with Crippen LogP contribution >= 0.6 is 0 Å². The van der Waals surface area contributed by atoms with E-state index in [1.54, 1.807) is 21.3 Å². The van der Waals surface area contributed by atoms with Crippen LogP contribution in [0.15, 0.2) is 12.1 Å². The first-order chi connectivity index (χ1) is 13.6.